The Morgan fingerprint density at radius 1 is 1.62 bits per heavy atom. The molecule has 0 heterocycles. The van der Waals surface area contributed by atoms with Gasteiger partial charge in [-0.25, -0.2) is 0 Å². The van der Waals surface area contributed by atoms with Crippen molar-refractivity contribution in [1.29, 1.82) is 0 Å². The van der Waals surface area contributed by atoms with Crippen molar-refractivity contribution in [1.82, 2.24) is 0 Å². The van der Waals surface area contributed by atoms with Crippen LogP contribution < -0.4 is 0 Å². The van der Waals surface area contributed by atoms with Crippen LogP contribution in [-0.2, 0) is 9.53 Å². The van der Waals surface area contributed by atoms with E-state index in [1.165, 1.54) is 0 Å². The number of carbonyl (C=O) groups is 1. The molecule has 0 radical (unpaired) electrons. The van der Waals surface area contributed by atoms with Crippen molar-refractivity contribution in [2.45, 2.75) is 38.6 Å². The Morgan fingerprint density at radius 2 is 2.23 bits per heavy atom. The summed E-state index contributed by atoms with van der Waals surface area (Å²) in [5.41, 5.74) is 0. The zero-order chi connectivity index (χ0) is 10.1. The van der Waals surface area contributed by atoms with Crippen molar-refractivity contribution < 1.29 is 14.6 Å². The largest absolute Gasteiger partial charge is 0.366 e. The summed E-state index contributed by atoms with van der Waals surface area (Å²) < 4.78 is 5.34. The van der Waals surface area contributed by atoms with Crippen LogP contribution >= 0.6 is 0 Å². The Balaban J connectivity index is 2.59. The van der Waals surface area contributed by atoms with Gasteiger partial charge in [0.15, 0.2) is 5.79 Å². The number of hydrogen-bond acceptors (Lipinski definition) is 3. The number of Topliss-reactive ketones (excluding diaryl/α,β-unsaturated/α-hetero) is 1. The van der Waals surface area contributed by atoms with E-state index >= 15 is 0 Å². The predicted octanol–water partition coefficient (Wildman–Crippen LogP) is 1.27. The number of ether oxygens (including phenoxy) is 1. The lowest BCUT2D eigenvalue weighted by molar-refractivity contribution is -0.208. The lowest BCUT2D eigenvalue weighted by Crippen LogP contribution is -2.31. The van der Waals surface area contributed by atoms with Crippen molar-refractivity contribution >= 4 is 5.78 Å². The van der Waals surface area contributed by atoms with Crippen LogP contribution in [0, 0.1) is 5.92 Å². The maximum Gasteiger partial charge on any atom is 0.160 e. The third kappa shape index (κ3) is 2.94. The van der Waals surface area contributed by atoms with Crippen LogP contribution in [0.5, 0.6) is 0 Å². The van der Waals surface area contributed by atoms with Gasteiger partial charge in [0.2, 0.25) is 0 Å². The van der Waals surface area contributed by atoms with Gasteiger partial charge in [-0.05, 0) is 13.8 Å². The van der Waals surface area contributed by atoms with Gasteiger partial charge in [-0.1, -0.05) is 6.08 Å². The van der Waals surface area contributed by atoms with E-state index in [-0.39, 0.29) is 17.8 Å². The Morgan fingerprint density at radius 3 is 2.69 bits per heavy atom. The van der Waals surface area contributed by atoms with Gasteiger partial charge < -0.3 is 9.84 Å². The number of rotatable bonds is 3. The van der Waals surface area contributed by atoms with Crippen LogP contribution in [0.25, 0.3) is 0 Å². The standard InChI is InChI=1S/C10H16O3/c1-4-7-5-8(11)6-9(7)13-10(2,3)12/h4,7,9,12H,1,5-6H2,2-3H3/t7-,9-/m0/s1. The first-order chi connectivity index (χ1) is 5.92. The van der Waals surface area contributed by atoms with E-state index in [9.17, 15) is 9.90 Å². The van der Waals surface area contributed by atoms with Crippen molar-refractivity contribution in [3.63, 3.8) is 0 Å². The maximum atomic E-state index is 11.1. The number of carbonyl (C=O) groups excluding carboxylic acids is 1. The highest BCUT2D eigenvalue weighted by atomic mass is 16.6. The van der Waals surface area contributed by atoms with Crippen molar-refractivity contribution in [2.75, 3.05) is 0 Å². The molecule has 74 valence electrons. The Kier molecular flexibility index (Phi) is 2.88. The van der Waals surface area contributed by atoms with E-state index in [1.807, 2.05) is 0 Å². The number of hydrogen-bond donors (Lipinski definition) is 1. The van der Waals surface area contributed by atoms with Gasteiger partial charge in [-0.15, -0.1) is 6.58 Å². The number of ketones is 1. The second kappa shape index (κ2) is 3.60. The normalized spacial score (nSPS) is 29.3. The molecule has 0 bridgehead atoms. The van der Waals surface area contributed by atoms with Gasteiger partial charge in [-0.3, -0.25) is 4.79 Å². The minimum Gasteiger partial charge on any atom is -0.366 e. The maximum absolute atomic E-state index is 11.1. The van der Waals surface area contributed by atoms with Crippen molar-refractivity contribution in [3.05, 3.63) is 12.7 Å². The van der Waals surface area contributed by atoms with Gasteiger partial charge in [0, 0.05) is 18.8 Å². The smallest absolute Gasteiger partial charge is 0.160 e. The second-order valence-electron chi connectivity index (χ2n) is 3.95. The van der Waals surface area contributed by atoms with Crippen LogP contribution in [0.4, 0.5) is 0 Å². The lowest BCUT2D eigenvalue weighted by Gasteiger charge is -2.25. The third-order valence-corrected chi connectivity index (χ3v) is 2.11. The minimum absolute atomic E-state index is 0.0546. The van der Waals surface area contributed by atoms with E-state index in [4.69, 9.17) is 4.74 Å². The molecule has 1 rings (SSSR count). The first kappa shape index (κ1) is 10.4. The summed E-state index contributed by atoms with van der Waals surface area (Å²) in [6.45, 7) is 6.77. The molecular formula is C10H16O3. The molecule has 0 aromatic heterocycles. The second-order valence-corrected chi connectivity index (χ2v) is 3.95. The highest BCUT2D eigenvalue weighted by Crippen LogP contribution is 2.29. The SMILES string of the molecule is C=C[C@H]1CC(=O)C[C@@H]1OC(C)(C)O. The minimum atomic E-state index is -1.17. The van der Waals surface area contributed by atoms with Crippen molar-refractivity contribution in [2.24, 2.45) is 5.92 Å². The molecule has 0 unspecified atom stereocenters. The summed E-state index contributed by atoms with van der Waals surface area (Å²) in [4.78, 5) is 11.1. The summed E-state index contributed by atoms with van der Waals surface area (Å²) in [6, 6.07) is 0. The molecule has 1 aliphatic carbocycles. The fourth-order valence-corrected chi connectivity index (χ4v) is 1.59. The van der Waals surface area contributed by atoms with Crippen LogP contribution in [0.15, 0.2) is 12.7 Å². The first-order valence-corrected chi connectivity index (χ1v) is 4.47. The molecule has 0 spiro atoms. The molecule has 1 aliphatic rings. The van der Waals surface area contributed by atoms with Crippen LogP contribution in [-0.4, -0.2) is 22.8 Å². The lowest BCUT2D eigenvalue weighted by atomic mass is 10.1. The van der Waals surface area contributed by atoms with E-state index in [1.54, 1.807) is 19.9 Å². The molecule has 0 aromatic rings. The molecule has 2 atom stereocenters. The number of aliphatic hydroxyl groups is 1. The van der Waals surface area contributed by atoms with Gasteiger partial charge in [0.25, 0.3) is 0 Å². The Bertz CT molecular complexity index is 215. The van der Waals surface area contributed by atoms with E-state index in [0.717, 1.165) is 0 Å². The monoisotopic (exact) mass is 184 g/mol. The summed E-state index contributed by atoms with van der Waals surface area (Å²) in [6.07, 6.45) is 2.40. The van der Waals surface area contributed by atoms with E-state index in [0.29, 0.717) is 12.8 Å². The zero-order valence-corrected chi connectivity index (χ0v) is 8.12. The molecule has 0 amide bonds. The highest BCUT2D eigenvalue weighted by molar-refractivity contribution is 5.82. The summed E-state index contributed by atoms with van der Waals surface area (Å²) >= 11 is 0. The summed E-state index contributed by atoms with van der Waals surface area (Å²) in [5.74, 6) is -0.936. The molecule has 0 aromatic carbocycles. The molecule has 1 N–H and O–H groups in total. The Labute approximate surface area is 78.4 Å². The molecule has 1 saturated carbocycles. The first-order valence-electron chi connectivity index (χ1n) is 4.47. The third-order valence-electron chi connectivity index (χ3n) is 2.11. The van der Waals surface area contributed by atoms with Gasteiger partial charge in [0.1, 0.15) is 5.78 Å². The Hall–Kier alpha value is -0.670. The van der Waals surface area contributed by atoms with Crippen LogP contribution in [0.3, 0.4) is 0 Å². The van der Waals surface area contributed by atoms with E-state index < -0.39 is 5.79 Å². The fraction of sp³-hybridized carbons (Fsp3) is 0.700. The van der Waals surface area contributed by atoms with E-state index in [2.05, 4.69) is 6.58 Å². The summed E-state index contributed by atoms with van der Waals surface area (Å²) in [7, 11) is 0. The molecular weight excluding hydrogens is 168 g/mol. The van der Waals surface area contributed by atoms with Crippen molar-refractivity contribution in [3.8, 4) is 0 Å². The van der Waals surface area contributed by atoms with Gasteiger partial charge >= 0.3 is 0 Å². The molecule has 3 nitrogen and oxygen atoms in total. The quantitative estimate of drug-likeness (QED) is 0.530. The zero-order valence-electron chi connectivity index (χ0n) is 8.12. The molecule has 3 heteroatoms. The fourth-order valence-electron chi connectivity index (χ4n) is 1.59. The van der Waals surface area contributed by atoms with Gasteiger partial charge in [-0.2, -0.15) is 0 Å². The molecule has 0 aliphatic heterocycles. The van der Waals surface area contributed by atoms with Crippen LogP contribution in [0.1, 0.15) is 26.7 Å². The average molecular weight is 184 g/mol. The highest BCUT2D eigenvalue weighted by Gasteiger charge is 2.34. The van der Waals surface area contributed by atoms with Gasteiger partial charge in [0.05, 0.1) is 6.10 Å². The molecule has 13 heavy (non-hydrogen) atoms. The molecule has 1 fully saturated rings. The predicted molar refractivity (Wildman–Crippen MR) is 49.1 cm³/mol. The summed E-state index contributed by atoms with van der Waals surface area (Å²) in [5, 5.41) is 9.41. The average Bonchev–Trinajstić information content (AvgIpc) is 2.27. The topological polar surface area (TPSA) is 46.5 Å². The molecule has 0 saturated heterocycles. The van der Waals surface area contributed by atoms with Crippen LogP contribution in [0.2, 0.25) is 0 Å².